The molecular weight excluding hydrogens is 266 g/mol. The van der Waals surface area contributed by atoms with Crippen LogP contribution in [0.4, 0.5) is 0 Å². The summed E-state index contributed by atoms with van der Waals surface area (Å²) in [5.41, 5.74) is 3.91. The van der Waals surface area contributed by atoms with Crippen LogP contribution < -0.4 is 5.32 Å². The molecule has 0 saturated carbocycles. The first-order chi connectivity index (χ1) is 9.70. The summed E-state index contributed by atoms with van der Waals surface area (Å²) in [6.45, 7) is 5.22. The lowest BCUT2D eigenvalue weighted by Gasteiger charge is -2.19. The van der Waals surface area contributed by atoms with Gasteiger partial charge >= 0.3 is 0 Å². The maximum Gasteiger partial charge on any atom is 0.0453 e. The highest BCUT2D eigenvalue weighted by Crippen LogP contribution is 2.26. The lowest BCUT2D eigenvalue weighted by molar-refractivity contribution is 0.515. The Kier molecular flexibility index (Phi) is 5.63. The smallest absolute Gasteiger partial charge is 0.0453 e. The molecule has 20 heavy (non-hydrogen) atoms. The summed E-state index contributed by atoms with van der Waals surface area (Å²) >= 11 is 6.32. The molecule has 0 spiro atoms. The van der Waals surface area contributed by atoms with Gasteiger partial charge in [0.1, 0.15) is 0 Å². The number of nitrogens with one attached hydrogen (secondary N) is 1. The third-order valence-corrected chi connectivity index (χ3v) is 3.88. The first-order valence-electron chi connectivity index (χ1n) is 7.24. The molecule has 1 unspecified atom stereocenters. The lowest BCUT2D eigenvalue weighted by atomic mass is 9.98. The van der Waals surface area contributed by atoms with Gasteiger partial charge in [0.2, 0.25) is 0 Å². The Labute approximate surface area is 127 Å². The van der Waals surface area contributed by atoms with Crippen LogP contribution in [0.25, 0.3) is 0 Å². The second kappa shape index (κ2) is 7.47. The van der Waals surface area contributed by atoms with Crippen LogP contribution in [0.15, 0.2) is 48.5 Å². The summed E-state index contributed by atoms with van der Waals surface area (Å²) < 4.78 is 0. The van der Waals surface area contributed by atoms with Gasteiger partial charge in [-0.25, -0.2) is 0 Å². The van der Waals surface area contributed by atoms with Crippen LogP contribution in [-0.4, -0.2) is 6.54 Å². The Morgan fingerprint density at radius 3 is 2.60 bits per heavy atom. The molecule has 0 heterocycles. The molecule has 0 aliphatic carbocycles. The van der Waals surface area contributed by atoms with Crippen molar-refractivity contribution >= 4 is 11.6 Å². The second-order valence-corrected chi connectivity index (χ2v) is 5.57. The summed E-state index contributed by atoms with van der Waals surface area (Å²) in [5.74, 6) is 0. The van der Waals surface area contributed by atoms with Crippen LogP contribution in [0, 0.1) is 6.92 Å². The summed E-state index contributed by atoms with van der Waals surface area (Å²) in [6.07, 6.45) is 2.12. The van der Waals surface area contributed by atoms with E-state index in [0.29, 0.717) is 6.04 Å². The van der Waals surface area contributed by atoms with Crippen molar-refractivity contribution in [3.8, 4) is 0 Å². The molecular formula is C18H22ClN. The highest BCUT2D eigenvalue weighted by atomic mass is 35.5. The fourth-order valence-corrected chi connectivity index (χ4v) is 2.82. The van der Waals surface area contributed by atoms with Crippen LogP contribution in [-0.2, 0) is 6.42 Å². The molecule has 2 aromatic carbocycles. The van der Waals surface area contributed by atoms with Gasteiger partial charge in [-0.1, -0.05) is 66.6 Å². The van der Waals surface area contributed by atoms with Crippen molar-refractivity contribution in [2.24, 2.45) is 0 Å². The maximum absolute atomic E-state index is 6.32. The quantitative estimate of drug-likeness (QED) is 0.794. The van der Waals surface area contributed by atoms with Gasteiger partial charge in [0, 0.05) is 11.1 Å². The minimum Gasteiger partial charge on any atom is -0.310 e. The average molecular weight is 288 g/mol. The van der Waals surface area contributed by atoms with Crippen molar-refractivity contribution in [1.29, 1.82) is 0 Å². The van der Waals surface area contributed by atoms with E-state index in [4.69, 9.17) is 11.6 Å². The number of benzene rings is 2. The summed E-state index contributed by atoms with van der Waals surface area (Å²) in [4.78, 5) is 0. The van der Waals surface area contributed by atoms with Crippen LogP contribution in [0.5, 0.6) is 0 Å². The Bertz CT molecular complexity index is 551. The van der Waals surface area contributed by atoms with Crippen LogP contribution >= 0.6 is 11.6 Å². The van der Waals surface area contributed by atoms with Crippen molar-refractivity contribution in [2.45, 2.75) is 32.7 Å². The van der Waals surface area contributed by atoms with Gasteiger partial charge in [-0.2, -0.15) is 0 Å². The van der Waals surface area contributed by atoms with Gasteiger partial charge in [-0.3, -0.25) is 0 Å². The molecule has 2 rings (SSSR count). The molecule has 2 heteroatoms. The molecule has 0 aliphatic heterocycles. The van der Waals surface area contributed by atoms with Crippen LogP contribution in [0.2, 0.25) is 5.02 Å². The predicted octanol–water partition coefficient (Wildman–Crippen LogP) is 4.93. The van der Waals surface area contributed by atoms with E-state index in [9.17, 15) is 0 Å². The fourth-order valence-electron chi connectivity index (χ4n) is 2.55. The first-order valence-corrected chi connectivity index (χ1v) is 7.62. The molecule has 0 radical (unpaired) electrons. The third kappa shape index (κ3) is 4.09. The zero-order valence-corrected chi connectivity index (χ0v) is 13.0. The Morgan fingerprint density at radius 2 is 1.90 bits per heavy atom. The van der Waals surface area contributed by atoms with Crippen LogP contribution in [0.3, 0.4) is 0 Å². The summed E-state index contributed by atoms with van der Waals surface area (Å²) in [7, 11) is 0. The van der Waals surface area contributed by atoms with E-state index in [1.807, 2.05) is 12.1 Å². The number of hydrogen-bond donors (Lipinski definition) is 1. The third-order valence-electron chi connectivity index (χ3n) is 3.54. The van der Waals surface area contributed by atoms with E-state index in [-0.39, 0.29) is 0 Å². The van der Waals surface area contributed by atoms with Crippen molar-refractivity contribution in [3.63, 3.8) is 0 Å². The number of aryl methyl sites for hydroxylation is 2. The fraction of sp³-hybridized carbons (Fsp3) is 0.333. The van der Waals surface area contributed by atoms with E-state index < -0.39 is 0 Å². The second-order valence-electron chi connectivity index (χ2n) is 5.16. The van der Waals surface area contributed by atoms with E-state index in [1.54, 1.807) is 0 Å². The molecule has 0 fully saturated rings. The number of halogens is 1. The molecule has 0 amide bonds. The maximum atomic E-state index is 6.32. The Balaban J connectivity index is 2.08. The van der Waals surface area contributed by atoms with Gasteiger partial charge < -0.3 is 5.32 Å². The van der Waals surface area contributed by atoms with Crippen molar-refractivity contribution in [2.75, 3.05) is 6.54 Å². The SMILES string of the molecule is CCNC(CCc1cccc(C)c1)c1ccccc1Cl. The Hall–Kier alpha value is -1.31. The molecule has 0 bridgehead atoms. The molecule has 0 aromatic heterocycles. The van der Waals surface area contributed by atoms with Crippen molar-refractivity contribution < 1.29 is 0 Å². The summed E-state index contributed by atoms with van der Waals surface area (Å²) in [5, 5.41) is 4.39. The highest BCUT2D eigenvalue weighted by molar-refractivity contribution is 6.31. The monoisotopic (exact) mass is 287 g/mol. The molecule has 1 atom stereocenters. The summed E-state index contributed by atoms with van der Waals surface area (Å²) in [6, 6.07) is 17.2. The highest BCUT2D eigenvalue weighted by Gasteiger charge is 2.13. The van der Waals surface area contributed by atoms with E-state index in [1.165, 1.54) is 16.7 Å². The molecule has 1 nitrogen and oxygen atoms in total. The van der Waals surface area contributed by atoms with Crippen molar-refractivity contribution in [1.82, 2.24) is 5.32 Å². The predicted molar refractivity (Wildman–Crippen MR) is 87.4 cm³/mol. The zero-order valence-electron chi connectivity index (χ0n) is 12.2. The molecule has 0 saturated heterocycles. The van der Waals surface area contributed by atoms with Crippen LogP contribution in [0.1, 0.15) is 36.1 Å². The Morgan fingerprint density at radius 1 is 1.10 bits per heavy atom. The minimum absolute atomic E-state index is 0.314. The minimum atomic E-state index is 0.314. The number of rotatable bonds is 6. The van der Waals surface area contributed by atoms with E-state index >= 15 is 0 Å². The van der Waals surface area contributed by atoms with Gasteiger partial charge in [0.15, 0.2) is 0 Å². The topological polar surface area (TPSA) is 12.0 Å². The van der Waals surface area contributed by atoms with Gasteiger partial charge in [0.05, 0.1) is 0 Å². The number of hydrogen-bond acceptors (Lipinski definition) is 1. The molecule has 0 aliphatic rings. The lowest BCUT2D eigenvalue weighted by Crippen LogP contribution is -2.21. The molecule has 2 aromatic rings. The first kappa shape index (κ1) is 15.1. The normalized spacial score (nSPS) is 12.3. The standard InChI is InChI=1S/C18H22ClN/c1-3-20-18(16-9-4-5-10-17(16)19)12-11-15-8-6-7-14(2)13-15/h4-10,13,18,20H,3,11-12H2,1-2H3. The van der Waals surface area contributed by atoms with Gasteiger partial charge in [-0.15, -0.1) is 0 Å². The van der Waals surface area contributed by atoms with E-state index in [2.05, 4.69) is 55.6 Å². The molecule has 1 N–H and O–H groups in total. The van der Waals surface area contributed by atoms with Gasteiger partial charge in [-0.05, 0) is 43.5 Å². The van der Waals surface area contributed by atoms with Crippen molar-refractivity contribution in [3.05, 3.63) is 70.2 Å². The molecule has 106 valence electrons. The van der Waals surface area contributed by atoms with Gasteiger partial charge in [0.25, 0.3) is 0 Å². The van der Waals surface area contributed by atoms with E-state index in [0.717, 1.165) is 24.4 Å². The zero-order chi connectivity index (χ0) is 14.4. The average Bonchev–Trinajstić information content (AvgIpc) is 2.44. The largest absolute Gasteiger partial charge is 0.310 e.